The Morgan fingerprint density at radius 1 is 1.00 bits per heavy atom. The molecule has 1 aliphatic rings. The maximum absolute atomic E-state index is 13.1. The second-order valence-electron chi connectivity index (χ2n) is 8.82. The van der Waals surface area contributed by atoms with E-state index in [-0.39, 0.29) is 33.3 Å². The van der Waals surface area contributed by atoms with Crippen LogP contribution in [0, 0.1) is 0 Å². The summed E-state index contributed by atoms with van der Waals surface area (Å²) in [6.45, 7) is 1.95. The average Bonchev–Trinajstić information content (AvgIpc) is 2.82. The fraction of sp³-hybridized carbons (Fsp3) is 0.333. The molecule has 1 unspecified atom stereocenters. The highest BCUT2D eigenvalue weighted by Crippen LogP contribution is 2.38. The molecule has 2 aromatic carbocycles. The first-order valence-corrected chi connectivity index (χ1v) is 13.4. The van der Waals surface area contributed by atoms with Crippen molar-refractivity contribution in [3.63, 3.8) is 0 Å². The summed E-state index contributed by atoms with van der Waals surface area (Å²) in [5, 5.41) is 11.2. The van der Waals surface area contributed by atoms with Crippen LogP contribution in [-0.2, 0) is 16.4 Å². The summed E-state index contributed by atoms with van der Waals surface area (Å²) in [7, 11) is -3.80. The molecule has 35 heavy (non-hydrogen) atoms. The molecule has 1 heterocycles. The Hall–Kier alpha value is -3.39. The standard InChI is InChI=1S/C27H29NO6S/c1-2-10-21(24-26(30)25-22(29)15-7-4-8-16-23(25)34-27(24)31)18-11-9-12-19(17-18)28-35(32,33)20-13-5-3-6-14-20/h3,5-6,9,11-14,17,21,28,30H,2,4,7-8,10,15-16H2,1H3. The van der Waals surface area contributed by atoms with Crippen LogP contribution in [0.2, 0.25) is 0 Å². The van der Waals surface area contributed by atoms with Crippen molar-refractivity contribution in [2.75, 3.05) is 4.72 Å². The van der Waals surface area contributed by atoms with E-state index in [0.717, 1.165) is 19.3 Å². The summed E-state index contributed by atoms with van der Waals surface area (Å²) in [4.78, 5) is 26.0. The molecule has 1 aliphatic carbocycles. The molecule has 0 radical (unpaired) electrons. The van der Waals surface area contributed by atoms with Crippen molar-refractivity contribution in [3.05, 3.63) is 87.5 Å². The molecule has 0 spiro atoms. The minimum atomic E-state index is -3.80. The third-order valence-corrected chi connectivity index (χ3v) is 7.71. The van der Waals surface area contributed by atoms with Gasteiger partial charge in [0.2, 0.25) is 0 Å². The lowest BCUT2D eigenvalue weighted by atomic mass is 9.85. The van der Waals surface area contributed by atoms with Crippen molar-refractivity contribution in [3.8, 4) is 5.75 Å². The number of ketones is 1. The van der Waals surface area contributed by atoms with Gasteiger partial charge in [-0.25, -0.2) is 13.2 Å². The van der Waals surface area contributed by atoms with Crippen molar-refractivity contribution < 1.29 is 22.7 Å². The molecule has 0 saturated carbocycles. The molecular weight excluding hydrogens is 466 g/mol. The van der Waals surface area contributed by atoms with Gasteiger partial charge in [0.1, 0.15) is 11.5 Å². The smallest absolute Gasteiger partial charge is 0.343 e. The Labute approximate surface area is 204 Å². The molecule has 1 atom stereocenters. The second kappa shape index (κ2) is 10.5. The molecule has 8 heteroatoms. The first-order chi connectivity index (χ1) is 16.8. The largest absolute Gasteiger partial charge is 0.506 e. The third kappa shape index (κ3) is 5.32. The van der Waals surface area contributed by atoms with Gasteiger partial charge in [0.25, 0.3) is 10.0 Å². The van der Waals surface area contributed by atoms with Crippen LogP contribution < -0.4 is 10.3 Å². The van der Waals surface area contributed by atoms with E-state index in [1.165, 1.54) is 12.1 Å². The Kier molecular flexibility index (Phi) is 7.40. The molecule has 0 bridgehead atoms. The highest BCUT2D eigenvalue weighted by molar-refractivity contribution is 7.92. The van der Waals surface area contributed by atoms with Gasteiger partial charge < -0.3 is 9.52 Å². The van der Waals surface area contributed by atoms with Crippen molar-refractivity contribution in [2.24, 2.45) is 0 Å². The fourth-order valence-corrected chi connectivity index (χ4v) is 5.69. The lowest BCUT2D eigenvalue weighted by Gasteiger charge is -2.21. The normalized spacial score (nSPS) is 15.1. The van der Waals surface area contributed by atoms with Gasteiger partial charge >= 0.3 is 5.63 Å². The quantitative estimate of drug-likeness (QED) is 0.455. The van der Waals surface area contributed by atoms with Gasteiger partial charge in [-0.05, 0) is 49.1 Å². The predicted octanol–water partition coefficient (Wildman–Crippen LogP) is 5.38. The van der Waals surface area contributed by atoms with Crippen LogP contribution in [0.15, 0.2) is 68.7 Å². The lowest BCUT2D eigenvalue weighted by molar-refractivity contribution is 0.0968. The molecule has 0 fully saturated rings. The van der Waals surface area contributed by atoms with Gasteiger partial charge in [-0.15, -0.1) is 0 Å². The maximum atomic E-state index is 13.1. The molecule has 0 aliphatic heterocycles. The molecule has 0 saturated heterocycles. The SMILES string of the molecule is CCCC(c1cccc(NS(=O)(=O)c2ccccc2)c1)c1c(O)c2c(oc1=O)CCCCCC2=O. The number of carbonyl (C=O) groups excluding carboxylic acids is 1. The first kappa shape index (κ1) is 24.7. The van der Waals surface area contributed by atoms with Crippen molar-refractivity contribution in [2.45, 2.75) is 62.7 Å². The highest BCUT2D eigenvalue weighted by atomic mass is 32.2. The zero-order valence-corrected chi connectivity index (χ0v) is 20.4. The van der Waals surface area contributed by atoms with E-state index in [0.29, 0.717) is 36.9 Å². The Bertz CT molecular complexity index is 1380. The molecule has 3 aromatic rings. The molecule has 2 N–H and O–H groups in total. The van der Waals surface area contributed by atoms with Crippen molar-refractivity contribution in [1.29, 1.82) is 0 Å². The van der Waals surface area contributed by atoms with Gasteiger partial charge in [-0.3, -0.25) is 9.52 Å². The van der Waals surface area contributed by atoms with Gasteiger partial charge in [0.15, 0.2) is 5.78 Å². The van der Waals surface area contributed by atoms with Crippen LogP contribution >= 0.6 is 0 Å². The number of rotatable bonds is 7. The maximum Gasteiger partial charge on any atom is 0.343 e. The zero-order valence-electron chi connectivity index (χ0n) is 19.6. The first-order valence-electron chi connectivity index (χ1n) is 11.9. The van der Waals surface area contributed by atoms with Crippen molar-refractivity contribution in [1.82, 2.24) is 0 Å². The van der Waals surface area contributed by atoms with Crippen LogP contribution in [0.4, 0.5) is 5.69 Å². The molecular formula is C27H29NO6S. The van der Waals surface area contributed by atoms with E-state index in [1.807, 2.05) is 6.92 Å². The fourth-order valence-electron chi connectivity index (χ4n) is 4.62. The summed E-state index contributed by atoms with van der Waals surface area (Å²) < 4.78 is 33.7. The monoisotopic (exact) mass is 495 g/mol. The summed E-state index contributed by atoms with van der Waals surface area (Å²) in [5.41, 5.74) is 0.465. The highest BCUT2D eigenvalue weighted by Gasteiger charge is 2.30. The van der Waals surface area contributed by atoms with E-state index >= 15 is 0 Å². The Balaban J connectivity index is 1.76. The van der Waals surface area contributed by atoms with Crippen molar-refractivity contribution >= 4 is 21.5 Å². The zero-order chi connectivity index (χ0) is 25.0. The number of hydrogen-bond donors (Lipinski definition) is 2. The van der Waals surface area contributed by atoms with E-state index in [1.54, 1.807) is 42.5 Å². The second-order valence-corrected chi connectivity index (χ2v) is 10.5. The van der Waals surface area contributed by atoms with Crippen LogP contribution in [0.3, 0.4) is 0 Å². The Morgan fingerprint density at radius 3 is 2.49 bits per heavy atom. The number of aromatic hydroxyl groups is 1. The van der Waals surface area contributed by atoms with Gasteiger partial charge in [0.05, 0.1) is 16.0 Å². The van der Waals surface area contributed by atoms with E-state index in [9.17, 15) is 23.1 Å². The van der Waals surface area contributed by atoms with Crippen LogP contribution in [0.25, 0.3) is 0 Å². The number of hydrogen-bond acceptors (Lipinski definition) is 6. The van der Waals surface area contributed by atoms with E-state index in [2.05, 4.69) is 4.72 Å². The molecule has 0 amide bonds. The van der Waals surface area contributed by atoms with Crippen LogP contribution in [0.1, 0.15) is 78.6 Å². The minimum Gasteiger partial charge on any atom is -0.506 e. The summed E-state index contributed by atoms with van der Waals surface area (Å²) in [5.74, 6) is -0.847. The van der Waals surface area contributed by atoms with Crippen LogP contribution in [-0.4, -0.2) is 19.3 Å². The predicted molar refractivity (Wildman–Crippen MR) is 134 cm³/mol. The summed E-state index contributed by atoms with van der Waals surface area (Å²) in [6.07, 6.45) is 4.29. The number of sulfonamides is 1. The van der Waals surface area contributed by atoms with Gasteiger partial charge in [0, 0.05) is 24.4 Å². The molecule has 7 nitrogen and oxygen atoms in total. The number of Topliss-reactive ketones (excluding diaryl/α,β-unsaturated/α-hetero) is 1. The number of carbonyl (C=O) groups is 1. The molecule has 1 aromatic heterocycles. The Morgan fingerprint density at radius 2 is 1.74 bits per heavy atom. The number of nitrogens with one attached hydrogen (secondary N) is 1. The number of aryl methyl sites for hydroxylation is 1. The lowest BCUT2D eigenvalue weighted by Crippen LogP contribution is -2.20. The van der Waals surface area contributed by atoms with Gasteiger partial charge in [-0.1, -0.05) is 50.1 Å². The van der Waals surface area contributed by atoms with E-state index < -0.39 is 21.6 Å². The van der Waals surface area contributed by atoms with Gasteiger partial charge in [-0.2, -0.15) is 0 Å². The average molecular weight is 496 g/mol. The topological polar surface area (TPSA) is 114 Å². The minimum absolute atomic E-state index is 0.0441. The summed E-state index contributed by atoms with van der Waals surface area (Å²) >= 11 is 0. The number of fused-ring (bicyclic) bond motifs is 1. The van der Waals surface area contributed by atoms with E-state index in [4.69, 9.17) is 4.42 Å². The number of anilines is 1. The van der Waals surface area contributed by atoms with Crippen LogP contribution in [0.5, 0.6) is 5.75 Å². The summed E-state index contributed by atoms with van der Waals surface area (Å²) in [6, 6.07) is 14.8. The third-order valence-electron chi connectivity index (χ3n) is 6.31. The molecule has 4 rings (SSSR count). The number of benzene rings is 2. The molecule has 184 valence electrons.